The van der Waals surface area contributed by atoms with Crippen LogP contribution in [0.1, 0.15) is 53.4 Å². The highest BCUT2D eigenvalue weighted by molar-refractivity contribution is 7.99. The molecule has 17 heavy (non-hydrogen) atoms. The number of carbonyl (C=O) groups is 1. The average molecular weight is 260 g/mol. The molecule has 0 saturated heterocycles. The molecule has 0 aliphatic carbocycles. The maximum Gasteiger partial charge on any atom is 0.315 e. The number of carbonyl (C=O) groups excluding carboxylic acids is 1. The Balaban J connectivity index is 3.38. The van der Waals surface area contributed by atoms with Crippen molar-refractivity contribution in [2.24, 2.45) is 11.8 Å². The normalized spacial score (nSPS) is 14.4. The van der Waals surface area contributed by atoms with Gasteiger partial charge >= 0.3 is 5.97 Å². The molecule has 0 N–H and O–H groups in total. The highest BCUT2D eigenvalue weighted by Gasteiger charge is 2.06. The molecule has 0 heterocycles. The topological polar surface area (TPSA) is 26.3 Å². The lowest BCUT2D eigenvalue weighted by Gasteiger charge is -2.13. The van der Waals surface area contributed by atoms with E-state index in [9.17, 15) is 4.79 Å². The van der Waals surface area contributed by atoms with Gasteiger partial charge in [-0.2, -0.15) is 11.8 Å². The van der Waals surface area contributed by atoms with Crippen molar-refractivity contribution in [2.75, 3.05) is 18.1 Å². The minimum Gasteiger partial charge on any atom is -0.465 e. The quantitative estimate of drug-likeness (QED) is 0.436. The van der Waals surface area contributed by atoms with Gasteiger partial charge in [-0.05, 0) is 30.9 Å². The molecule has 3 heteroatoms. The van der Waals surface area contributed by atoms with Gasteiger partial charge in [-0.25, -0.2) is 0 Å². The van der Waals surface area contributed by atoms with Gasteiger partial charge in [-0.15, -0.1) is 0 Å². The van der Waals surface area contributed by atoms with E-state index >= 15 is 0 Å². The fourth-order valence-corrected chi connectivity index (χ4v) is 2.52. The summed E-state index contributed by atoms with van der Waals surface area (Å²) < 4.78 is 4.88. The summed E-state index contributed by atoms with van der Waals surface area (Å²) in [6, 6.07) is 0. The van der Waals surface area contributed by atoms with E-state index < -0.39 is 0 Å². The Morgan fingerprint density at radius 2 is 1.76 bits per heavy atom. The van der Waals surface area contributed by atoms with E-state index in [0.29, 0.717) is 12.4 Å². The molecule has 0 rings (SSSR count). The van der Waals surface area contributed by atoms with Crippen LogP contribution in [-0.4, -0.2) is 24.1 Å². The van der Waals surface area contributed by atoms with Crippen LogP contribution in [0.4, 0.5) is 0 Å². The van der Waals surface area contributed by atoms with Gasteiger partial charge in [0, 0.05) is 0 Å². The second-order valence-corrected chi connectivity index (χ2v) is 5.95. The summed E-state index contributed by atoms with van der Waals surface area (Å²) in [5, 5.41) is 0. The monoisotopic (exact) mass is 260 g/mol. The highest BCUT2D eigenvalue weighted by atomic mass is 32.2. The van der Waals surface area contributed by atoms with Crippen LogP contribution in [0.15, 0.2) is 0 Å². The van der Waals surface area contributed by atoms with Gasteiger partial charge < -0.3 is 4.74 Å². The molecule has 0 radical (unpaired) electrons. The summed E-state index contributed by atoms with van der Waals surface area (Å²) in [6.07, 6.45) is 5.14. The lowest BCUT2D eigenvalue weighted by atomic mass is 9.95. The number of rotatable bonds is 10. The first-order chi connectivity index (χ1) is 8.10. The van der Waals surface area contributed by atoms with E-state index in [1.54, 1.807) is 11.8 Å². The minimum atomic E-state index is -0.0789. The summed E-state index contributed by atoms with van der Waals surface area (Å²) in [5.74, 6) is 3.12. The van der Waals surface area contributed by atoms with E-state index in [1.165, 1.54) is 25.7 Å². The fourth-order valence-electron chi connectivity index (χ4n) is 1.56. The van der Waals surface area contributed by atoms with Crippen molar-refractivity contribution in [2.45, 2.75) is 53.4 Å². The standard InChI is InChI=1S/C14H28O2S/c1-5-12(3)7-8-13(4)9-10-17-11-14(15)16-6-2/h12-13H,5-11H2,1-4H3. The van der Waals surface area contributed by atoms with Crippen LogP contribution in [0.2, 0.25) is 0 Å². The van der Waals surface area contributed by atoms with Gasteiger partial charge in [0.1, 0.15) is 0 Å². The Bertz CT molecular complexity index is 195. The smallest absolute Gasteiger partial charge is 0.315 e. The maximum absolute atomic E-state index is 11.1. The summed E-state index contributed by atoms with van der Waals surface area (Å²) in [6.45, 7) is 9.23. The first-order valence-corrected chi connectivity index (χ1v) is 7.98. The Morgan fingerprint density at radius 1 is 1.12 bits per heavy atom. The molecule has 0 aliphatic rings. The maximum atomic E-state index is 11.1. The molecule has 0 fully saturated rings. The van der Waals surface area contributed by atoms with Crippen molar-refractivity contribution in [3.63, 3.8) is 0 Å². The van der Waals surface area contributed by atoms with Crippen molar-refractivity contribution in [3.8, 4) is 0 Å². The van der Waals surface area contributed by atoms with Crippen LogP contribution in [-0.2, 0) is 9.53 Å². The average Bonchev–Trinajstić information content (AvgIpc) is 2.32. The van der Waals surface area contributed by atoms with E-state index in [4.69, 9.17) is 4.74 Å². The van der Waals surface area contributed by atoms with Gasteiger partial charge in [-0.3, -0.25) is 4.79 Å². The zero-order valence-corrected chi connectivity index (χ0v) is 12.6. The van der Waals surface area contributed by atoms with Crippen LogP contribution < -0.4 is 0 Å². The third-order valence-corrected chi connectivity index (χ3v) is 4.09. The predicted octanol–water partition coefficient (Wildman–Crippen LogP) is 4.14. The molecule has 0 aliphatic heterocycles. The van der Waals surface area contributed by atoms with Gasteiger partial charge in [0.15, 0.2) is 0 Å². The second-order valence-electron chi connectivity index (χ2n) is 4.84. The Kier molecular flexibility index (Phi) is 10.8. The van der Waals surface area contributed by atoms with Crippen molar-refractivity contribution in [1.29, 1.82) is 0 Å². The number of hydrogen-bond acceptors (Lipinski definition) is 3. The number of esters is 1. The predicted molar refractivity (Wildman–Crippen MR) is 76.4 cm³/mol. The van der Waals surface area contributed by atoms with Crippen LogP contribution in [0.5, 0.6) is 0 Å². The Morgan fingerprint density at radius 3 is 2.35 bits per heavy atom. The van der Waals surface area contributed by atoms with Crippen LogP contribution in [0, 0.1) is 11.8 Å². The van der Waals surface area contributed by atoms with Crippen molar-refractivity contribution in [3.05, 3.63) is 0 Å². The van der Waals surface area contributed by atoms with Gasteiger partial charge in [0.2, 0.25) is 0 Å². The van der Waals surface area contributed by atoms with Crippen LogP contribution >= 0.6 is 11.8 Å². The third kappa shape index (κ3) is 10.7. The Hall–Kier alpha value is -0.180. The van der Waals surface area contributed by atoms with E-state index in [0.717, 1.165) is 17.6 Å². The molecule has 2 nitrogen and oxygen atoms in total. The minimum absolute atomic E-state index is 0.0789. The van der Waals surface area contributed by atoms with Crippen LogP contribution in [0.25, 0.3) is 0 Å². The molecule has 0 saturated carbocycles. The molecular formula is C14H28O2S. The largest absolute Gasteiger partial charge is 0.465 e. The lowest BCUT2D eigenvalue weighted by Crippen LogP contribution is -2.08. The molecule has 0 spiro atoms. The molecule has 0 aromatic heterocycles. The van der Waals surface area contributed by atoms with Gasteiger partial charge in [0.25, 0.3) is 0 Å². The highest BCUT2D eigenvalue weighted by Crippen LogP contribution is 2.19. The summed E-state index contributed by atoms with van der Waals surface area (Å²) in [5.41, 5.74) is 0. The molecule has 0 bridgehead atoms. The molecule has 2 atom stereocenters. The lowest BCUT2D eigenvalue weighted by molar-refractivity contribution is -0.139. The summed E-state index contributed by atoms with van der Waals surface area (Å²) in [7, 11) is 0. The third-order valence-electron chi connectivity index (χ3n) is 3.13. The van der Waals surface area contributed by atoms with Crippen molar-refractivity contribution < 1.29 is 9.53 Å². The number of ether oxygens (including phenoxy) is 1. The second kappa shape index (κ2) is 10.9. The van der Waals surface area contributed by atoms with E-state index in [1.807, 2.05) is 6.92 Å². The van der Waals surface area contributed by atoms with E-state index in [-0.39, 0.29) is 5.97 Å². The van der Waals surface area contributed by atoms with Crippen LogP contribution in [0.3, 0.4) is 0 Å². The Labute approximate surface area is 111 Å². The molecule has 0 aromatic rings. The van der Waals surface area contributed by atoms with Crippen molar-refractivity contribution in [1.82, 2.24) is 0 Å². The molecular weight excluding hydrogens is 232 g/mol. The van der Waals surface area contributed by atoms with Crippen molar-refractivity contribution >= 4 is 17.7 Å². The fraction of sp³-hybridized carbons (Fsp3) is 0.929. The first-order valence-electron chi connectivity index (χ1n) is 6.83. The molecule has 0 aromatic carbocycles. The van der Waals surface area contributed by atoms with Gasteiger partial charge in [-0.1, -0.05) is 40.0 Å². The first kappa shape index (κ1) is 16.8. The van der Waals surface area contributed by atoms with E-state index in [2.05, 4.69) is 20.8 Å². The number of thioether (sulfide) groups is 1. The SMILES string of the molecule is CCOC(=O)CSCCC(C)CCC(C)CC. The summed E-state index contributed by atoms with van der Waals surface area (Å²) in [4.78, 5) is 11.1. The number of hydrogen-bond donors (Lipinski definition) is 0. The molecule has 0 amide bonds. The van der Waals surface area contributed by atoms with Gasteiger partial charge in [0.05, 0.1) is 12.4 Å². The molecule has 2 unspecified atom stereocenters. The zero-order valence-electron chi connectivity index (χ0n) is 11.8. The molecule has 102 valence electrons. The summed E-state index contributed by atoms with van der Waals surface area (Å²) >= 11 is 1.70. The zero-order chi connectivity index (χ0) is 13.1.